The van der Waals surface area contributed by atoms with Gasteiger partial charge in [-0.2, -0.15) is 4.79 Å². The molecule has 0 bridgehead atoms. The highest BCUT2D eigenvalue weighted by Crippen LogP contribution is 2.26. The molecule has 0 radical (unpaired) electrons. The van der Waals surface area contributed by atoms with Gasteiger partial charge in [0.15, 0.2) is 0 Å². The molecule has 0 saturated heterocycles. The summed E-state index contributed by atoms with van der Waals surface area (Å²) >= 11 is 0. The maximum absolute atomic E-state index is 13.2. The highest BCUT2D eigenvalue weighted by atomic mass is 28.4. The van der Waals surface area contributed by atoms with E-state index in [-0.39, 0.29) is 5.29 Å². The van der Waals surface area contributed by atoms with Gasteiger partial charge >= 0.3 is 17.6 Å². The van der Waals surface area contributed by atoms with Gasteiger partial charge in [-0.15, -0.1) is 0 Å². The molecule has 0 aliphatic heterocycles. The van der Waals surface area contributed by atoms with Gasteiger partial charge in [0, 0.05) is 11.8 Å². The van der Waals surface area contributed by atoms with Crippen molar-refractivity contribution in [2.45, 2.75) is 57.4 Å². The van der Waals surface area contributed by atoms with Crippen molar-refractivity contribution in [2.75, 3.05) is 13.7 Å². The number of methoxy groups -OCH3 is 1. The van der Waals surface area contributed by atoms with Crippen LogP contribution >= 0.6 is 0 Å². The fraction of sp³-hybridized carbons (Fsp3) is 0.550. The van der Waals surface area contributed by atoms with Gasteiger partial charge in [-0.1, -0.05) is 69.6 Å². The predicted octanol–water partition coefficient (Wildman–Crippen LogP) is 3.42. The van der Waals surface area contributed by atoms with Gasteiger partial charge in [0.1, 0.15) is 0 Å². The lowest BCUT2D eigenvalue weighted by Gasteiger charge is -2.45. The van der Waals surface area contributed by atoms with Crippen LogP contribution in [0.1, 0.15) is 12.0 Å². The number of nitrogens with zero attached hydrogens (tertiary/aromatic N) is 3. The first kappa shape index (κ1) is 24.0. The van der Waals surface area contributed by atoms with E-state index < -0.39 is 33.7 Å². The van der Waals surface area contributed by atoms with E-state index in [4.69, 9.17) is 0 Å². The fourth-order valence-electron chi connectivity index (χ4n) is 4.08. The van der Waals surface area contributed by atoms with Crippen LogP contribution in [0.25, 0.3) is 5.53 Å². The molecule has 0 N–H and O–H groups in total. The van der Waals surface area contributed by atoms with Gasteiger partial charge < -0.3 is 15.2 Å². The summed E-state index contributed by atoms with van der Waals surface area (Å²) in [6.45, 7) is 13.9. The SMILES string of the molecule is COC(=O)C(=[N+]=[N-])C(=O)N(CCCc1ccccc1)C([Si](C)(C)C)[Si](C)(C)C. The molecule has 0 atom stereocenters. The monoisotopic (exact) mass is 419 g/mol. The van der Waals surface area contributed by atoms with Crippen LogP contribution in [-0.4, -0.2) is 62.4 Å². The molecule has 0 fully saturated rings. The second-order valence-electron chi connectivity index (χ2n) is 9.16. The van der Waals surface area contributed by atoms with Crippen molar-refractivity contribution in [2.24, 2.45) is 0 Å². The van der Waals surface area contributed by atoms with Crippen LogP contribution in [0.3, 0.4) is 0 Å². The number of carbonyl (C=O) groups excluding carboxylic acids is 2. The van der Waals surface area contributed by atoms with E-state index in [2.05, 4.69) is 60.9 Å². The maximum Gasteiger partial charge on any atom is 0.463 e. The van der Waals surface area contributed by atoms with Gasteiger partial charge in [0.2, 0.25) is 0 Å². The van der Waals surface area contributed by atoms with E-state index in [9.17, 15) is 15.1 Å². The largest absolute Gasteiger partial charge is 0.463 e. The summed E-state index contributed by atoms with van der Waals surface area (Å²) in [7, 11) is -2.43. The molecule has 154 valence electrons. The Morgan fingerprint density at radius 1 is 1.07 bits per heavy atom. The molecule has 6 nitrogen and oxygen atoms in total. The van der Waals surface area contributed by atoms with Crippen molar-refractivity contribution in [3.63, 3.8) is 0 Å². The Morgan fingerprint density at radius 2 is 1.61 bits per heavy atom. The molecular weight excluding hydrogens is 386 g/mol. The molecule has 28 heavy (non-hydrogen) atoms. The van der Waals surface area contributed by atoms with Gasteiger partial charge in [0.05, 0.1) is 23.3 Å². The van der Waals surface area contributed by atoms with Gasteiger partial charge in [-0.05, 0) is 18.4 Å². The number of esters is 1. The number of amides is 1. The molecule has 0 aromatic heterocycles. The number of hydrogen-bond acceptors (Lipinski definition) is 3. The van der Waals surface area contributed by atoms with Crippen LogP contribution in [0.5, 0.6) is 0 Å². The Labute approximate surface area is 170 Å². The van der Waals surface area contributed by atoms with Crippen LogP contribution in [-0.2, 0) is 20.7 Å². The lowest BCUT2D eigenvalue weighted by Crippen LogP contribution is -2.66. The molecule has 1 amide bonds. The average molecular weight is 420 g/mol. The molecule has 0 spiro atoms. The Hall–Kier alpha value is -2.03. The lowest BCUT2D eigenvalue weighted by molar-refractivity contribution is -0.142. The smallest absolute Gasteiger partial charge is 0.460 e. The van der Waals surface area contributed by atoms with Crippen LogP contribution in [0.15, 0.2) is 30.3 Å². The summed E-state index contributed by atoms with van der Waals surface area (Å²) in [5.41, 5.74) is 9.95. The first-order valence-corrected chi connectivity index (χ1v) is 16.7. The van der Waals surface area contributed by atoms with Crippen molar-refractivity contribution in [3.05, 3.63) is 41.4 Å². The number of hydrogen-bond donors (Lipinski definition) is 0. The molecule has 0 unspecified atom stereocenters. The Bertz CT molecular complexity index is 719. The number of ether oxygens (including phenoxy) is 1. The fourth-order valence-corrected chi connectivity index (χ4v) is 16.8. The number of benzene rings is 1. The highest BCUT2D eigenvalue weighted by molar-refractivity contribution is 6.96. The van der Waals surface area contributed by atoms with E-state index in [1.807, 2.05) is 18.2 Å². The maximum atomic E-state index is 13.2. The third-order valence-corrected chi connectivity index (χ3v) is 13.7. The van der Waals surface area contributed by atoms with Crippen LogP contribution in [0, 0.1) is 0 Å². The zero-order valence-electron chi connectivity index (χ0n) is 18.2. The van der Waals surface area contributed by atoms with Crippen LogP contribution < -0.4 is 0 Å². The quantitative estimate of drug-likeness (QED) is 0.154. The van der Waals surface area contributed by atoms with Crippen molar-refractivity contribution in [1.82, 2.24) is 4.90 Å². The van der Waals surface area contributed by atoms with Crippen molar-refractivity contribution < 1.29 is 19.1 Å². The number of carbonyl (C=O) groups is 2. The first-order valence-electron chi connectivity index (χ1n) is 9.58. The molecule has 0 aliphatic carbocycles. The van der Waals surface area contributed by atoms with Gasteiger partial charge in [-0.25, -0.2) is 4.79 Å². The molecule has 1 aromatic rings. The number of rotatable bonds is 9. The average Bonchev–Trinajstić information content (AvgIpc) is 2.59. The molecule has 0 aliphatic rings. The summed E-state index contributed by atoms with van der Waals surface area (Å²) in [4.78, 5) is 30.0. The summed E-state index contributed by atoms with van der Waals surface area (Å²) in [5, 5.41) is 0.0877. The van der Waals surface area contributed by atoms with E-state index in [0.717, 1.165) is 12.8 Å². The zero-order chi connectivity index (χ0) is 21.5. The minimum absolute atomic E-state index is 0.0877. The predicted molar refractivity (Wildman–Crippen MR) is 118 cm³/mol. The zero-order valence-corrected chi connectivity index (χ0v) is 20.2. The lowest BCUT2D eigenvalue weighted by atomic mass is 10.1. The molecule has 1 aromatic carbocycles. The molecule has 0 heterocycles. The van der Waals surface area contributed by atoms with E-state index in [1.54, 1.807) is 4.90 Å². The van der Waals surface area contributed by atoms with E-state index in [0.29, 0.717) is 6.54 Å². The molecule has 1 rings (SSSR count). The Morgan fingerprint density at radius 3 is 2.04 bits per heavy atom. The van der Waals surface area contributed by atoms with Crippen molar-refractivity contribution in [1.29, 1.82) is 0 Å². The third kappa shape index (κ3) is 6.54. The highest BCUT2D eigenvalue weighted by Gasteiger charge is 2.47. The Kier molecular flexibility index (Phi) is 8.54. The summed E-state index contributed by atoms with van der Waals surface area (Å²) in [6, 6.07) is 10.1. The van der Waals surface area contributed by atoms with E-state index >= 15 is 0 Å². The van der Waals surface area contributed by atoms with Crippen molar-refractivity contribution in [3.8, 4) is 0 Å². The van der Waals surface area contributed by atoms with Crippen LogP contribution in [0.2, 0.25) is 39.3 Å². The summed E-state index contributed by atoms with van der Waals surface area (Å²) in [5.74, 6) is -1.46. The summed E-state index contributed by atoms with van der Waals surface area (Å²) in [6.07, 6.45) is 1.60. The second kappa shape index (κ2) is 9.95. The normalized spacial score (nSPS) is 11.7. The number of aryl methyl sites for hydroxylation is 1. The van der Waals surface area contributed by atoms with Crippen molar-refractivity contribution >= 4 is 33.7 Å². The summed E-state index contributed by atoms with van der Waals surface area (Å²) < 4.78 is 4.64. The van der Waals surface area contributed by atoms with Crippen LogP contribution in [0.4, 0.5) is 0 Å². The third-order valence-electron chi connectivity index (χ3n) is 4.60. The van der Waals surface area contributed by atoms with Gasteiger partial charge in [0.25, 0.3) is 0 Å². The molecule has 0 saturated carbocycles. The van der Waals surface area contributed by atoms with E-state index in [1.165, 1.54) is 12.7 Å². The first-order chi connectivity index (χ1) is 12.9. The minimum Gasteiger partial charge on any atom is -0.460 e. The van der Waals surface area contributed by atoms with Gasteiger partial charge in [-0.3, -0.25) is 4.79 Å². The Balaban J connectivity index is 3.22. The topological polar surface area (TPSA) is 83.0 Å². The second-order valence-corrected chi connectivity index (χ2v) is 20.3. The molecular formula is C20H33N3O3Si2. The minimum atomic E-state index is -1.80. The molecule has 8 heteroatoms. The standard InChI is InChI=1S/C20H33N3O3Si2/c1-26-19(25)17(22-21)18(24)23(20(27(2,3)4)28(5,6)7)15-11-14-16-12-9-8-10-13-16/h8-10,12-13,20H,11,14-15H2,1-7H3.